The van der Waals surface area contributed by atoms with Gasteiger partial charge in [-0.1, -0.05) is 13.3 Å². The zero-order valence-electron chi connectivity index (χ0n) is 10.7. The summed E-state index contributed by atoms with van der Waals surface area (Å²) in [4.78, 5) is 2.58. The normalized spacial score (nSPS) is 28.6. The topological polar surface area (TPSA) is 73.2 Å². The highest BCUT2D eigenvalue weighted by Crippen LogP contribution is 2.21. The molecule has 1 heterocycles. The van der Waals surface area contributed by atoms with Gasteiger partial charge in [-0.05, 0) is 33.1 Å². The maximum absolute atomic E-state index is 12.0. The van der Waals surface area contributed by atoms with Crippen LogP contribution in [0.3, 0.4) is 0 Å². The molecule has 5 nitrogen and oxygen atoms in total. The number of nitrogens with one attached hydrogen (secondary N) is 1. The van der Waals surface area contributed by atoms with E-state index in [9.17, 15) is 8.42 Å². The van der Waals surface area contributed by atoms with Crippen LogP contribution in [0.5, 0.6) is 0 Å². The van der Waals surface area contributed by atoms with E-state index in [0.717, 1.165) is 19.3 Å². The van der Waals surface area contributed by atoms with E-state index >= 15 is 0 Å². The van der Waals surface area contributed by atoms with Crippen LogP contribution < -0.4 is 4.83 Å². The Hall–Kier alpha value is -0.640. The summed E-state index contributed by atoms with van der Waals surface area (Å²) in [7, 11) is -3.57. The average Bonchev–Trinajstić information content (AvgIpc) is 2.25. The Morgan fingerprint density at radius 2 is 1.94 bits per heavy atom. The molecular formula is C11H21N3O2S. The summed E-state index contributed by atoms with van der Waals surface area (Å²) in [6.07, 6.45) is 3.39. The Bertz CT molecular complexity index is 378. The highest BCUT2D eigenvalue weighted by atomic mass is 32.2. The van der Waals surface area contributed by atoms with Crippen LogP contribution in [0.2, 0.25) is 0 Å². The predicted octanol–water partition coefficient (Wildman–Crippen LogP) is 1.39. The molecule has 1 aliphatic rings. The average molecular weight is 259 g/mol. The lowest BCUT2D eigenvalue weighted by Gasteiger charge is -2.38. The first-order valence-corrected chi connectivity index (χ1v) is 7.66. The minimum Gasteiger partial charge on any atom is -0.225 e. The molecule has 0 amide bonds. The van der Waals surface area contributed by atoms with Crippen LogP contribution in [0.4, 0.5) is 0 Å². The fraction of sp³-hybridized carbons (Fsp3) is 0.909. The Kier molecular flexibility index (Phi) is 4.92. The third-order valence-electron chi connectivity index (χ3n) is 3.32. The van der Waals surface area contributed by atoms with Crippen molar-refractivity contribution in [2.75, 3.05) is 0 Å². The number of nitrogens with zero attached hydrogens (tertiary/aromatic N) is 2. The summed E-state index contributed by atoms with van der Waals surface area (Å²) >= 11 is 0. The lowest BCUT2D eigenvalue weighted by molar-refractivity contribution is 0.0788. The molecule has 17 heavy (non-hydrogen) atoms. The van der Waals surface area contributed by atoms with Crippen molar-refractivity contribution in [3.8, 4) is 6.07 Å². The second-order valence-electron chi connectivity index (χ2n) is 4.70. The van der Waals surface area contributed by atoms with Crippen LogP contribution in [-0.4, -0.2) is 30.8 Å². The molecule has 0 saturated carbocycles. The highest BCUT2D eigenvalue weighted by molar-refractivity contribution is 7.90. The van der Waals surface area contributed by atoms with E-state index in [1.54, 1.807) is 11.9 Å². The van der Waals surface area contributed by atoms with E-state index in [4.69, 9.17) is 5.26 Å². The van der Waals surface area contributed by atoms with Gasteiger partial charge in [-0.3, -0.25) is 0 Å². The lowest BCUT2D eigenvalue weighted by atomic mass is 10.0. The van der Waals surface area contributed by atoms with Crippen molar-refractivity contribution in [1.82, 2.24) is 9.84 Å². The summed E-state index contributed by atoms with van der Waals surface area (Å²) in [5.41, 5.74) is 0. The molecule has 1 N–H and O–H groups in total. The molecule has 0 radical (unpaired) electrons. The highest BCUT2D eigenvalue weighted by Gasteiger charge is 2.32. The van der Waals surface area contributed by atoms with Gasteiger partial charge in [-0.2, -0.15) is 5.26 Å². The summed E-state index contributed by atoms with van der Waals surface area (Å²) in [6.45, 7) is 5.72. The number of piperidine rings is 1. The molecule has 1 rings (SSSR count). The maximum atomic E-state index is 12.0. The fourth-order valence-electron chi connectivity index (χ4n) is 2.19. The third-order valence-corrected chi connectivity index (χ3v) is 4.97. The molecule has 0 aliphatic carbocycles. The van der Waals surface area contributed by atoms with Crippen LogP contribution in [0.25, 0.3) is 0 Å². The smallest absolute Gasteiger partial charge is 0.225 e. The van der Waals surface area contributed by atoms with Crippen LogP contribution in [-0.2, 0) is 10.0 Å². The van der Waals surface area contributed by atoms with E-state index < -0.39 is 15.3 Å². The standard InChI is InChI=1S/C11H21N3O2S/c1-4-11(8-12)17(15,16)13-14-9(2)6-5-7-10(14)3/h9-11,13H,4-7H2,1-3H3. The first-order chi connectivity index (χ1) is 7.92. The molecule has 0 aromatic carbocycles. The second kappa shape index (κ2) is 5.80. The molecule has 1 aliphatic heterocycles. The molecule has 98 valence electrons. The zero-order valence-corrected chi connectivity index (χ0v) is 11.5. The Morgan fingerprint density at radius 3 is 2.35 bits per heavy atom. The van der Waals surface area contributed by atoms with Gasteiger partial charge in [0.2, 0.25) is 10.0 Å². The minimum atomic E-state index is -3.57. The van der Waals surface area contributed by atoms with Crippen molar-refractivity contribution in [3.05, 3.63) is 0 Å². The van der Waals surface area contributed by atoms with E-state index in [2.05, 4.69) is 4.83 Å². The molecule has 1 saturated heterocycles. The first-order valence-electron chi connectivity index (χ1n) is 6.11. The molecule has 3 atom stereocenters. The van der Waals surface area contributed by atoms with Gasteiger partial charge >= 0.3 is 0 Å². The number of nitriles is 1. The number of hydrazine groups is 1. The first kappa shape index (κ1) is 14.4. The van der Waals surface area contributed by atoms with Crippen LogP contribution in [0, 0.1) is 11.3 Å². The molecule has 0 aromatic rings. The van der Waals surface area contributed by atoms with Gasteiger partial charge in [-0.25, -0.2) is 13.4 Å². The van der Waals surface area contributed by atoms with Crippen LogP contribution >= 0.6 is 0 Å². The van der Waals surface area contributed by atoms with E-state index in [1.165, 1.54) is 0 Å². The SMILES string of the molecule is CCC(C#N)S(=O)(=O)NN1C(C)CCCC1C. The van der Waals surface area contributed by atoms with E-state index in [0.29, 0.717) is 6.42 Å². The number of sulfonamides is 1. The van der Waals surface area contributed by atoms with Gasteiger partial charge < -0.3 is 0 Å². The number of hydrogen-bond acceptors (Lipinski definition) is 4. The van der Waals surface area contributed by atoms with Gasteiger partial charge in [0.15, 0.2) is 5.25 Å². The Balaban J connectivity index is 2.79. The predicted molar refractivity (Wildman–Crippen MR) is 66.4 cm³/mol. The van der Waals surface area contributed by atoms with Crippen molar-refractivity contribution in [3.63, 3.8) is 0 Å². The zero-order chi connectivity index (χ0) is 13.1. The molecule has 0 spiro atoms. The minimum absolute atomic E-state index is 0.185. The van der Waals surface area contributed by atoms with Crippen molar-refractivity contribution in [2.45, 2.75) is 63.8 Å². The largest absolute Gasteiger partial charge is 0.240 e. The fourth-order valence-corrected chi connectivity index (χ4v) is 3.55. The second-order valence-corrected chi connectivity index (χ2v) is 6.54. The van der Waals surface area contributed by atoms with E-state index in [-0.39, 0.29) is 12.1 Å². The van der Waals surface area contributed by atoms with Gasteiger partial charge in [0.05, 0.1) is 6.07 Å². The maximum Gasteiger partial charge on any atom is 0.240 e. The molecule has 0 bridgehead atoms. The van der Waals surface area contributed by atoms with Crippen molar-refractivity contribution in [1.29, 1.82) is 5.26 Å². The molecule has 0 aromatic heterocycles. The van der Waals surface area contributed by atoms with Crippen molar-refractivity contribution >= 4 is 10.0 Å². The molecule has 3 unspecified atom stereocenters. The summed E-state index contributed by atoms with van der Waals surface area (Å²) in [5, 5.41) is 9.64. The number of hydrogen-bond donors (Lipinski definition) is 1. The molecular weight excluding hydrogens is 238 g/mol. The summed E-state index contributed by atoms with van der Waals surface area (Å²) in [6, 6.07) is 2.20. The van der Waals surface area contributed by atoms with Gasteiger partial charge in [0.25, 0.3) is 0 Å². The third kappa shape index (κ3) is 3.41. The summed E-state index contributed by atoms with van der Waals surface area (Å²) in [5.74, 6) is 0. The Labute approximate surface area is 104 Å². The van der Waals surface area contributed by atoms with Crippen LogP contribution in [0.15, 0.2) is 0 Å². The van der Waals surface area contributed by atoms with Gasteiger partial charge in [-0.15, -0.1) is 4.83 Å². The van der Waals surface area contributed by atoms with Gasteiger partial charge in [0, 0.05) is 12.1 Å². The van der Waals surface area contributed by atoms with Crippen molar-refractivity contribution in [2.24, 2.45) is 0 Å². The molecule has 6 heteroatoms. The Morgan fingerprint density at radius 1 is 1.41 bits per heavy atom. The van der Waals surface area contributed by atoms with Crippen molar-refractivity contribution < 1.29 is 8.42 Å². The lowest BCUT2D eigenvalue weighted by Crippen LogP contribution is -2.55. The van der Waals surface area contributed by atoms with Crippen LogP contribution in [0.1, 0.15) is 46.5 Å². The summed E-state index contributed by atoms with van der Waals surface area (Å²) < 4.78 is 24.0. The quantitative estimate of drug-likeness (QED) is 0.828. The van der Waals surface area contributed by atoms with E-state index in [1.807, 2.05) is 19.9 Å². The monoisotopic (exact) mass is 259 g/mol. The molecule has 1 fully saturated rings. The number of rotatable bonds is 4. The van der Waals surface area contributed by atoms with Gasteiger partial charge in [0.1, 0.15) is 0 Å².